The summed E-state index contributed by atoms with van der Waals surface area (Å²) in [4.78, 5) is 1.93. The van der Waals surface area contributed by atoms with Gasteiger partial charge >= 0.3 is 0 Å². The van der Waals surface area contributed by atoms with Gasteiger partial charge in [-0.1, -0.05) is 18.2 Å². The Kier molecular flexibility index (Phi) is 2.67. The summed E-state index contributed by atoms with van der Waals surface area (Å²) >= 11 is 0. The molecule has 0 amide bonds. The van der Waals surface area contributed by atoms with E-state index in [-0.39, 0.29) is 6.73 Å². The quantitative estimate of drug-likeness (QED) is 0.722. The van der Waals surface area contributed by atoms with Crippen LogP contribution in [-0.2, 0) is 20.7 Å². The van der Waals surface area contributed by atoms with E-state index in [1.165, 1.54) is 5.56 Å². The van der Waals surface area contributed by atoms with Crippen LogP contribution in [0.25, 0.3) is 0 Å². The fraction of sp³-hybridized carbons (Fsp3) is 0.400. The number of nitrogens with zero attached hydrogens (tertiary/aromatic N) is 1. The van der Waals surface area contributed by atoms with Crippen LogP contribution >= 0.6 is 0 Å². The predicted octanol–water partition coefficient (Wildman–Crippen LogP) is 0.983. The molecule has 82 valence electrons. The topological polar surface area (TPSA) is 46.6 Å². The van der Waals surface area contributed by atoms with Crippen LogP contribution in [0.4, 0.5) is 5.69 Å². The van der Waals surface area contributed by atoms with Crippen LogP contribution in [0.2, 0.25) is 0 Å². The van der Waals surface area contributed by atoms with Crippen LogP contribution in [0, 0.1) is 0 Å². The van der Waals surface area contributed by atoms with E-state index in [0.717, 1.165) is 24.9 Å². The van der Waals surface area contributed by atoms with Gasteiger partial charge in [-0.25, -0.2) is 4.18 Å². The largest absolute Gasteiger partial charge is 0.347 e. The normalized spacial score (nSPS) is 15.4. The molecule has 1 aromatic rings. The Morgan fingerprint density at radius 1 is 1.40 bits per heavy atom. The van der Waals surface area contributed by atoms with Gasteiger partial charge in [-0.15, -0.1) is 0 Å². The number of anilines is 1. The second-order valence-corrected chi connectivity index (χ2v) is 5.24. The first-order chi connectivity index (χ1) is 7.06. The van der Waals surface area contributed by atoms with Gasteiger partial charge in [-0.2, -0.15) is 8.42 Å². The molecule has 0 saturated heterocycles. The lowest BCUT2D eigenvalue weighted by atomic mass is 10.2. The highest BCUT2D eigenvalue weighted by atomic mass is 32.2. The molecule has 1 heterocycles. The van der Waals surface area contributed by atoms with Gasteiger partial charge in [-0.3, -0.25) is 0 Å². The molecule has 0 radical (unpaired) electrons. The van der Waals surface area contributed by atoms with E-state index < -0.39 is 10.1 Å². The molecule has 0 fully saturated rings. The van der Waals surface area contributed by atoms with E-state index >= 15 is 0 Å². The first kappa shape index (κ1) is 10.4. The maximum absolute atomic E-state index is 10.9. The Morgan fingerprint density at radius 3 is 2.87 bits per heavy atom. The summed E-state index contributed by atoms with van der Waals surface area (Å²) in [5, 5.41) is 0. The van der Waals surface area contributed by atoms with Gasteiger partial charge in [0.1, 0.15) is 6.73 Å². The van der Waals surface area contributed by atoms with Crippen molar-refractivity contribution in [1.82, 2.24) is 0 Å². The number of para-hydroxylation sites is 1. The van der Waals surface area contributed by atoms with Gasteiger partial charge in [0, 0.05) is 12.2 Å². The Labute approximate surface area is 89.6 Å². The molecule has 0 bridgehead atoms. The maximum atomic E-state index is 10.9. The zero-order valence-corrected chi connectivity index (χ0v) is 9.33. The van der Waals surface area contributed by atoms with Crippen molar-refractivity contribution in [3.8, 4) is 0 Å². The maximum Gasteiger partial charge on any atom is 0.266 e. The minimum absolute atomic E-state index is 0.107. The summed E-state index contributed by atoms with van der Waals surface area (Å²) in [5.41, 5.74) is 2.32. The van der Waals surface area contributed by atoms with Gasteiger partial charge in [-0.05, 0) is 18.1 Å². The molecule has 0 N–H and O–H groups in total. The van der Waals surface area contributed by atoms with E-state index in [4.69, 9.17) is 4.18 Å². The summed E-state index contributed by atoms with van der Waals surface area (Å²) in [6, 6.07) is 7.96. The van der Waals surface area contributed by atoms with Gasteiger partial charge < -0.3 is 4.90 Å². The Bertz CT molecular complexity index is 455. The van der Waals surface area contributed by atoms with Crippen LogP contribution in [-0.4, -0.2) is 27.9 Å². The number of fused-ring (bicyclic) bond motifs is 1. The summed E-state index contributed by atoms with van der Waals surface area (Å²) in [5.74, 6) is 0. The van der Waals surface area contributed by atoms with Crippen molar-refractivity contribution in [3.05, 3.63) is 29.8 Å². The zero-order chi connectivity index (χ0) is 10.9. The monoisotopic (exact) mass is 227 g/mol. The minimum atomic E-state index is -3.36. The third kappa shape index (κ3) is 2.49. The second-order valence-electron chi connectivity index (χ2n) is 3.59. The Hall–Kier alpha value is -1.07. The third-order valence-electron chi connectivity index (χ3n) is 2.41. The van der Waals surface area contributed by atoms with Crippen LogP contribution < -0.4 is 4.90 Å². The molecular weight excluding hydrogens is 214 g/mol. The molecule has 0 unspecified atom stereocenters. The first-order valence-electron chi connectivity index (χ1n) is 4.73. The van der Waals surface area contributed by atoms with E-state index in [1.54, 1.807) is 0 Å². The number of hydrogen-bond donors (Lipinski definition) is 0. The lowest BCUT2D eigenvalue weighted by Gasteiger charge is -2.17. The van der Waals surface area contributed by atoms with Crippen molar-refractivity contribution >= 4 is 15.8 Å². The summed E-state index contributed by atoms with van der Waals surface area (Å²) in [6.45, 7) is 0.921. The van der Waals surface area contributed by atoms with Crippen molar-refractivity contribution in [2.24, 2.45) is 0 Å². The molecular formula is C10H13NO3S. The summed E-state index contributed by atoms with van der Waals surface area (Å²) in [6.07, 6.45) is 2.01. The molecule has 4 nitrogen and oxygen atoms in total. The van der Waals surface area contributed by atoms with Crippen molar-refractivity contribution in [1.29, 1.82) is 0 Å². The summed E-state index contributed by atoms with van der Waals surface area (Å²) < 4.78 is 26.5. The zero-order valence-electron chi connectivity index (χ0n) is 8.51. The lowest BCUT2D eigenvalue weighted by Crippen LogP contribution is -2.25. The molecule has 5 heteroatoms. The Morgan fingerprint density at radius 2 is 2.13 bits per heavy atom. The minimum Gasteiger partial charge on any atom is -0.347 e. The van der Waals surface area contributed by atoms with Gasteiger partial charge in [0.15, 0.2) is 0 Å². The van der Waals surface area contributed by atoms with E-state index in [2.05, 4.69) is 6.07 Å². The molecule has 15 heavy (non-hydrogen) atoms. The molecule has 1 aromatic carbocycles. The van der Waals surface area contributed by atoms with E-state index in [0.29, 0.717) is 0 Å². The van der Waals surface area contributed by atoms with Crippen molar-refractivity contribution in [2.45, 2.75) is 6.42 Å². The third-order valence-corrected chi connectivity index (χ3v) is 2.94. The Balaban J connectivity index is 2.08. The van der Waals surface area contributed by atoms with E-state index in [1.807, 2.05) is 23.1 Å². The predicted molar refractivity (Wildman–Crippen MR) is 58.3 cm³/mol. The molecule has 1 aliphatic heterocycles. The molecule has 0 saturated carbocycles. The molecule has 0 spiro atoms. The molecule has 1 aliphatic rings. The fourth-order valence-electron chi connectivity index (χ4n) is 1.70. The first-order valence-corrected chi connectivity index (χ1v) is 6.55. The van der Waals surface area contributed by atoms with Crippen LogP contribution in [0.5, 0.6) is 0 Å². The van der Waals surface area contributed by atoms with Gasteiger partial charge in [0.05, 0.1) is 6.26 Å². The van der Waals surface area contributed by atoms with Gasteiger partial charge in [0.25, 0.3) is 10.1 Å². The fourth-order valence-corrected chi connectivity index (χ4v) is 2.02. The average Bonchev–Trinajstić information content (AvgIpc) is 2.57. The van der Waals surface area contributed by atoms with Crippen molar-refractivity contribution < 1.29 is 12.6 Å². The number of benzene rings is 1. The molecule has 0 atom stereocenters. The highest BCUT2D eigenvalue weighted by Gasteiger charge is 2.19. The van der Waals surface area contributed by atoms with Crippen molar-refractivity contribution in [3.63, 3.8) is 0 Å². The number of rotatable bonds is 3. The van der Waals surface area contributed by atoms with Crippen LogP contribution in [0.3, 0.4) is 0 Å². The van der Waals surface area contributed by atoms with Gasteiger partial charge in [0.2, 0.25) is 0 Å². The van der Waals surface area contributed by atoms with E-state index in [9.17, 15) is 8.42 Å². The molecule has 2 rings (SSSR count). The van der Waals surface area contributed by atoms with Crippen LogP contribution in [0.15, 0.2) is 24.3 Å². The molecule has 0 aromatic heterocycles. The smallest absolute Gasteiger partial charge is 0.266 e. The second kappa shape index (κ2) is 3.83. The standard InChI is InChI=1S/C10H13NO3S/c1-15(12,13)14-8-11-7-6-9-4-2-3-5-10(9)11/h2-5H,6-8H2,1H3. The number of hydrogen-bond acceptors (Lipinski definition) is 4. The highest BCUT2D eigenvalue weighted by Crippen LogP contribution is 2.26. The van der Waals surface area contributed by atoms with Crippen LogP contribution in [0.1, 0.15) is 5.56 Å². The highest BCUT2D eigenvalue weighted by molar-refractivity contribution is 7.85. The van der Waals surface area contributed by atoms with Crippen molar-refractivity contribution in [2.75, 3.05) is 24.4 Å². The average molecular weight is 227 g/mol. The lowest BCUT2D eigenvalue weighted by molar-refractivity contribution is 0.320. The molecule has 0 aliphatic carbocycles. The SMILES string of the molecule is CS(=O)(=O)OCN1CCc2ccccc21. The summed E-state index contributed by atoms with van der Waals surface area (Å²) in [7, 11) is -3.36.